The van der Waals surface area contributed by atoms with Gasteiger partial charge in [0.15, 0.2) is 0 Å². The van der Waals surface area contributed by atoms with Crippen molar-refractivity contribution in [3.8, 4) is 5.75 Å². The highest BCUT2D eigenvalue weighted by molar-refractivity contribution is 7.07. The van der Waals surface area contributed by atoms with E-state index in [0.29, 0.717) is 62.0 Å². The average molecular weight is 491 g/mol. The third-order valence-corrected chi connectivity index (χ3v) is 7.16. The van der Waals surface area contributed by atoms with Crippen LogP contribution in [-0.2, 0) is 37.7 Å². The van der Waals surface area contributed by atoms with Crippen LogP contribution in [0.3, 0.4) is 0 Å². The number of fused-ring (bicyclic) bond motifs is 1. The molecule has 10 heteroatoms. The number of carbonyl (C=O) groups excluding carboxylic acids is 1. The Bertz CT molecular complexity index is 1200. The molecule has 176 valence electrons. The van der Waals surface area contributed by atoms with Gasteiger partial charge in [0.2, 0.25) is 0 Å². The first-order valence-corrected chi connectivity index (χ1v) is 12.1. The lowest BCUT2D eigenvalue weighted by Crippen LogP contribution is -2.29. The second kappa shape index (κ2) is 10.1. The normalized spacial score (nSPS) is 14.1. The van der Waals surface area contributed by atoms with Gasteiger partial charge in [-0.15, -0.1) is 0 Å². The summed E-state index contributed by atoms with van der Waals surface area (Å²) in [5.41, 5.74) is 3.82. The Morgan fingerprint density at radius 3 is 2.79 bits per heavy atom. The summed E-state index contributed by atoms with van der Waals surface area (Å²) in [6.45, 7) is 4.70. The number of nitrogens with zero attached hydrogens (tertiary/aromatic N) is 4. The van der Waals surface area contributed by atoms with Crippen molar-refractivity contribution in [2.24, 2.45) is 7.05 Å². The van der Waals surface area contributed by atoms with Crippen LogP contribution in [0.1, 0.15) is 32.9 Å². The fraction of sp³-hybridized carbons (Fsp3) is 0.435. The van der Waals surface area contributed by atoms with Crippen LogP contribution in [0.4, 0.5) is 0 Å². The van der Waals surface area contributed by atoms with Gasteiger partial charge in [-0.3, -0.25) is 14.4 Å². The maximum Gasteiger partial charge on any atom is 0.343 e. The number of methoxy groups -OCH3 is 1. The van der Waals surface area contributed by atoms with Crippen LogP contribution in [0, 0.1) is 6.92 Å². The number of pyridine rings is 1. The molecule has 0 amide bonds. The van der Waals surface area contributed by atoms with E-state index >= 15 is 0 Å². The molecule has 0 aliphatic carbocycles. The van der Waals surface area contributed by atoms with Gasteiger partial charge in [0.05, 0.1) is 19.4 Å². The number of hydrogen-bond donors (Lipinski definition) is 0. The van der Waals surface area contributed by atoms with E-state index in [0.717, 1.165) is 16.8 Å². The van der Waals surface area contributed by atoms with E-state index in [-0.39, 0.29) is 11.3 Å². The summed E-state index contributed by atoms with van der Waals surface area (Å²) in [5.74, 6) is -0.211. The quantitative estimate of drug-likeness (QED) is 0.474. The summed E-state index contributed by atoms with van der Waals surface area (Å²) in [6.07, 6.45) is 1.21. The zero-order valence-electron chi connectivity index (χ0n) is 19.0. The molecule has 0 atom stereocenters. The summed E-state index contributed by atoms with van der Waals surface area (Å²) in [6, 6.07) is 3.44. The zero-order valence-corrected chi connectivity index (χ0v) is 20.5. The minimum Gasteiger partial charge on any atom is -0.492 e. The molecule has 1 aliphatic heterocycles. The molecule has 0 aromatic carbocycles. The third-order valence-electron chi connectivity index (χ3n) is 5.96. The Morgan fingerprint density at radius 2 is 2.12 bits per heavy atom. The monoisotopic (exact) mass is 490 g/mol. The van der Waals surface area contributed by atoms with Crippen LogP contribution in [0.15, 0.2) is 27.7 Å². The second-order valence-electron chi connectivity index (χ2n) is 8.05. The highest BCUT2D eigenvalue weighted by Crippen LogP contribution is 2.26. The second-order valence-corrected chi connectivity index (χ2v) is 9.18. The maximum atomic E-state index is 12.9. The number of rotatable bonds is 7. The molecule has 4 rings (SSSR count). The first kappa shape index (κ1) is 23.5. The molecule has 0 spiro atoms. The van der Waals surface area contributed by atoms with Crippen molar-refractivity contribution in [3.63, 3.8) is 0 Å². The van der Waals surface area contributed by atoms with E-state index in [1.807, 2.05) is 25.4 Å². The van der Waals surface area contributed by atoms with Gasteiger partial charge in [0.25, 0.3) is 5.56 Å². The van der Waals surface area contributed by atoms with Crippen molar-refractivity contribution in [2.45, 2.75) is 32.9 Å². The first-order valence-electron chi connectivity index (χ1n) is 10.8. The van der Waals surface area contributed by atoms with Crippen molar-refractivity contribution in [3.05, 3.63) is 66.5 Å². The van der Waals surface area contributed by atoms with E-state index in [9.17, 15) is 9.59 Å². The SMILES string of the molecule is COC(=O)c1c(OCCc2ccsc2)cc(=O)n2c1CCN(Cc1c(C)nn(C)c1Cl)CC2. The van der Waals surface area contributed by atoms with Gasteiger partial charge in [-0.1, -0.05) is 11.6 Å². The molecule has 3 aromatic rings. The minimum atomic E-state index is -0.496. The highest BCUT2D eigenvalue weighted by Gasteiger charge is 2.27. The average Bonchev–Trinajstić information content (AvgIpc) is 3.32. The number of thiophene rings is 1. The number of esters is 1. The number of ether oxygens (including phenoxy) is 2. The molecule has 0 N–H and O–H groups in total. The van der Waals surface area contributed by atoms with Crippen LogP contribution >= 0.6 is 22.9 Å². The van der Waals surface area contributed by atoms with Gasteiger partial charge in [-0.25, -0.2) is 4.79 Å². The van der Waals surface area contributed by atoms with Crippen molar-refractivity contribution in [2.75, 3.05) is 26.8 Å². The van der Waals surface area contributed by atoms with Gasteiger partial charge >= 0.3 is 5.97 Å². The Morgan fingerprint density at radius 1 is 1.30 bits per heavy atom. The predicted octanol–water partition coefficient (Wildman–Crippen LogP) is 3.07. The molecular formula is C23H27ClN4O4S. The van der Waals surface area contributed by atoms with Crippen LogP contribution in [0.25, 0.3) is 0 Å². The number of halogens is 1. The number of carbonyl (C=O) groups is 1. The molecule has 4 heterocycles. The van der Waals surface area contributed by atoms with E-state index < -0.39 is 5.97 Å². The number of aryl methyl sites for hydroxylation is 2. The lowest BCUT2D eigenvalue weighted by Gasteiger charge is -2.19. The Hall–Kier alpha value is -2.62. The summed E-state index contributed by atoms with van der Waals surface area (Å²) in [7, 11) is 3.16. The van der Waals surface area contributed by atoms with E-state index in [4.69, 9.17) is 21.1 Å². The van der Waals surface area contributed by atoms with Gasteiger partial charge in [-0.2, -0.15) is 16.4 Å². The molecule has 3 aromatic heterocycles. The van der Waals surface area contributed by atoms with Crippen molar-refractivity contribution in [1.29, 1.82) is 0 Å². The zero-order chi connectivity index (χ0) is 23.5. The molecule has 0 unspecified atom stereocenters. The topological polar surface area (TPSA) is 78.6 Å². The molecule has 1 aliphatic rings. The van der Waals surface area contributed by atoms with Crippen LogP contribution in [0.5, 0.6) is 5.75 Å². The Kier molecular flexibility index (Phi) is 7.21. The number of hydrogen-bond acceptors (Lipinski definition) is 7. The van der Waals surface area contributed by atoms with E-state index in [1.54, 1.807) is 20.6 Å². The van der Waals surface area contributed by atoms with Gasteiger partial charge in [-0.05, 0) is 29.3 Å². The first-order chi connectivity index (χ1) is 15.9. The minimum absolute atomic E-state index is 0.180. The molecule has 8 nitrogen and oxygen atoms in total. The van der Waals surface area contributed by atoms with Crippen LogP contribution in [-0.4, -0.2) is 52.0 Å². The largest absolute Gasteiger partial charge is 0.492 e. The van der Waals surface area contributed by atoms with Gasteiger partial charge < -0.3 is 14.0 Å². The molecule has 0 fully saturated rings. The molecule has 0 saturated heterocycles. The molecule has 0 saturated carbocycles. The molecular weight excluding hydrogens is 464 g/mol. The van der Waals surface area contributed by atoms with Crippen molar-refractivity contribution >= 4 is 28.9 Å². The van der Waals surface area contributed by atoms with Crippen LogP contribution in [0.2, 0.25) is 5.15 Å². The van der Waals surface area contributed by atoms with E-state index in [2.05, 4.69) is 15.4 Å². The van der Waals surface area contributed by atoms with Crippen LogP contribution < -0.4 is 10.3 Å². The fourth-order valence-electron chi connectivity index (χ4n) is 4.18. The standard InChI is InChI=1S/C23H27ClN4O4S/c1-15-17(22(24)26(2)25-15)13-27-7-4-18-21(23(30)31-3)19(12-20(29)28(18)9-8-27)32-10-5-16-6-11-33-14-16/h6,11-12,14H,4-5,7-10,13H2,1-3H3. The van der Waals surface area contributed by atoms with Crippen molar-refractivity contribution in [1.82, 2.24) is 19.2 Å². The fourth-order valence-corrected chi connectivity index (χ4v) is 5.12. The molecule has 0 bridgehead atoms. The maximum absolute atomic E-state index is 12.9. The van der Waals surface area contributed by atoms with Crippen molar-refractivity contribution < 1.29 is 14.3 Å². The van der Waals surface area contributed by atoms with Gasteiger partial charge in [0, 0.05) is 63.4 Å². The Balaban J connectivity index is 1.58. The Labute approximate surface area is 201 Å². The highest BCUT2D eigenvalue weighted by atomic mass is 35.5. The predicted molar refractivity (Wildman–Crippen MR) is 127 cm³/mol. The molecule has 33 heavy (non-hydrogen) atoms. The lowest BCUT2D eigenvalue weighted by molar-refractivity contribution is 0.0593. The molecule has 0 radical (unpaired) electrons. The van der Waals surface area contributed by atoms with Gasteiger partial charge in [0.1, 0.15) is 16.5 Å². The number of aromatic nitrogens is 3. The van der Waals surface area contributed by atoms with E-state index in [1.165, 1.54) is 13.2 Å². The summed E-state index contributed by atoms with van der Waals surface area (Å²) < 4.78 is 14.3. The smallest absolute Gasteiger partial charge is 0.343 e. The lowest BCUT2D eigenvalue weighted by atomic mass is 10.1. The third kappa shape index (κ3) is 5.00. The summed E-state index contributed by atoms with van der Waals surface area (Å²) in [4.78, 5) is 27.9. The summed E-state index contributed by atoms with van der Waals surface area (Å²) in [5, 5.41) is 9.07. The summed E-state index contributed by atoms with van der Waals surface area (Å²) >= 11 is 8.05.